The van der Waals surface area contributed by atoms with Crippen molar-refractivity contribution in [2.24, 2.45) is 5.92 Å². The summed E-state index contributed by atoms with van der Waals surface area (Å²) in [5, 5.41) is 0. The van der Waals surface area contributed by atoms with Crippen LogP contribution in [-0.4, -0.2) is 29.4 Å². The average molecular weight is 327 g/mol. The lowest BCUT2D eigenvalue weighted by molar-refractivity contribution is -0.155. The van der Waals surface area contributed by atoms with Gasteiger partial charge in [0.1, 0.15) is 6.10 Å². The van der Waals surface area contributed by atoms with Gasteiger partial charge >= 0.3 is 5.97 Å². The molecule has 0 N–H and O–H groups in total. The smallest absolute Gasteiger partial charge is 0.311 e. The molecule has 1 aromatic rings. The largest absolute Gasteiger partial charge is 0.457 e. The lowest BCUT2D eigenvalue weighted by atomic mass is 9.89. The maximum Gasteiger partial charge on any atom is 0.311 e. The van der Waals surface area contributed by atoms with E-state index in [4.69, 9.17) is 4.74 Å². The first kappa shape index (κ1) is 15.7. The van der Waals surface area contributed by atoms with Gasteiger partial charge in [0.25, 0.3) is 0 Å². The molecule has 128 valence electrons. The van der Waals surface area contributed by atoms with Crippen molar-refractivity contribution in [3.05, 3.63) is 35.4 Å². The minimum atomic E-state index is -0.285. The Balaban J connectivity index is 1.41. The van der Waals surface area contributed by atoms with Crippen molar-refractivity contribution < 1.29 is 14.3 Å². The van der Waals surface area contributed by atoms with Gasteiger partial charge in [0.2, 0.25) is 5.91 Å². The third-order valence-electron chi connectivity index (χ3n) is 5.83. The van der Waals surface area contributed by atoms with E-state index in [9.17, 15) is 9.59 Å². The number of benzene rings is 1. The fourth-order valence-electron chi connectivity index (χ4n) is 4.53. The molecule has 3 aliphatic rings. The number of amides is 1. The van der Waals surface area contributed by atoms with E-state index in [-0.39, 0.29) is 23.9 Å². The highest BCUT2D eigenvalue weighted by Crippen LogP contribution is 2.35. The number of esters is 1. The van der Waals surface area contributed by atoms with Crippen molar-refractivity contribution in [3.8, 4) is 0 Å². The van der Waals surface area contributed by atoms with Gasteiger partial charge in [-0.25, -0.2) is 0 Å². The van der Waals surface area contributed by atoms with Crippen LogP contribution in [0.2, 0.25) is 0 Å². The van der Waals surface area contributed by atoms with E-state index in [0.717, 1.165) is 37.7 Å². The standard InChI is InChI=1S/C20H25NO3/c22-19-12-15(13-21(19)16-8-2-3-9-16)20(23)24-18-11-5-7-14-6-1-4-10-17(14)18/h1,4,6,10,15-16,18H,2-3,5,7-9,11-13H2/t15-,18-/m0/s1. The van der Waals surface area contributed by atoms with E-state index >= 15 is 0 Å². The van der Waals surface area contributed by atoms with Gasteiger partial charge in [-0.2, -0.15) is 0 Å². The van der Waals surface area contributed by atoms with E-state index in [2.05, 4.69) is 12.1 Å². The second kappa shape index (κ2) is 6.58. The van der Waals surface area contributed by atoms with Gasteiger partial charge in [0.05, 0.1) is 5.92 Å². The Morgan fingerprint density at radius 3 is 2.71 bits per heavy atom. The second-order valence-electron chi connectivity index (χ2n) is 7.40. The molecule has 2 aliphatic carbocycles. The SMILES string of the molecule is O=C(O[C@H]1CCCc2ccccc21)[C@H]1CC(=O)N(C2CCCC2)C1. The van der Waals surface area contributed by atoms with Crippen LogP contribution in [0.1, 0.15) is 62.2 Å². The number of carbonyl (C=O) groups excluding carboxylic acids is 2. The van der Waals surface area contributed by atoms with Gasteiger partial charge in [-0.3, -0.25) is 9.59 Å². The molecule has 2 atom stereocenters. The second-order valence-corrected chi connectivity index (χ2v) is 7.40. The number of carbonyl (C=O) groups is 2. The molecule has 2 fully saturated rings. The number of hydrogen-bond acceptors (Lipinski definition) is 3. The molecule has 1 amide bonds. The fraction of sp³-hybridized carbons (Fsp3) is 0.600. The first-order valence-electron chi connectivity index (χ1n) is 9.30. The van der Waals surface area contributed by atoms with E-state index in [0.29, 0.717) is 19.0 Å². The van der Waals surface area contributed by atoms with Gasteiger partial charge in [-0.15, -0.1) is 0 Å². The van der Waals surface area contributed by atoms with Crippen molar-refractivity contribution in [2.75, 3.05) is 6.54 Å². The number of ether oxygens (including phenoxy) is 1. The Bertz CT molecular complexity index is 636. The summed E-state index contributed by atoms with van der Waals surface area (Å²) in [7, 11) is 0. The molecule has 1 aromatic carbocycles. The molecule has 0 bridgehead atoms. The molecular formula is C20H25NO3. The maximum atomic E-state index is 12.6. The number of likely N-dealkylation sites (tertiary alicyclic amines) is 1. The molecule has 1 saturated heterocycles. The van der Waals surface area contributed by atoms with Crippen LogP contribution in [0, 0.1) is 5.92 Å². The molecule has 24 heavy (non-hydrogen) atoms. The van der Waals surface area contributed by atoms with Crippen LogP contribution >= 0.6 is 0 Å². The number of aryl methyl sites for hydroxylation is 1. The molecule has 0 radical (unpaired) electrons. The van der Waals surface area contributed by atoms with E-state index in [1.54, 1.807) is 0 Å². The highest BCUT2D eigenvalue weighted by atomic mass is 16.5. The summed E-state index contributed by atoms with van der Waals surface area (Å²) in [4.78, 5) is 26.9. The Labute approximate surface area is 143 Å². The molecule has 0 aromatic heterocycles. The molecular weight excluding hydrogens is 302 g/mol. The molecule has 4 rings (SSSR count). The lowest BCUT2D eigenvalue weighted by Gasteiger charge is -2.27. The highest BCUT2D eigenvalue weighted by Gasteiger charge is 2.40. The van der Waals surface area contributed by atoms with Crippen molar-refractivity contribution in [3.63, 3.8) is 0 Å². The molecule has 0 spiro atoms. The zero-order chi connectivity index (χ0) is 16.5. The first-order valence-corrected chi connectivity index (χ1v) is 9.30. The summed E-state index contributed by atoms with van der Waals surface area (Å²) in [6, 6.07) is 8.59. The van der Waals surface area contributed by atoms with Crippen molar-refractivity contribution in [1.29, 1.82) is 0 Å². The fourth-order valence-corrected chi connectivity index (χ4v) is 4.53. The van der Waals surface area contributed by atoms with E-state index in [1.807, 2.05) is 17.0 Å². The quantitative estimate of drug-likeness (QED) is 0.799. The number of nitrogens with zero attached hydrogens (tertiary/aromatic N) is 1. The molecule has 0 unspecified atom stereocenters. The normalized spacial score (nSPS) is 27.3. The van der Waals surface area contributed by atoms with Gasteiger partial charge < -0.3 is 9.64 Å². The van der Waals surface area contributed by atoms with Crippen LogP contribution < -0.4 is 0 Å². The molecule has 4 nitrogen and oxygen atoms in total. The third-order valence-corrected chi connectivity index (χ3v) is 5.83. The van der Waals surface area contributed by atoms with Crippen LogP contribution in [0.5, 0.6) is 0 Å². The van der Waals surface area contributed by atoms with E-state index < -0.39 is 0 Å². The summed E-state index contributed by atoms with van der Waals surface area (Å²) in [6.45, 7) is 0.552. The third kappa shape index (κ3) is 2.94. The average Bonchev–Trinajstić information content (AvgIpc) is 3.24. The minimum Gasteiger partial charge on any atom is -0.457 e. The van der Waals surface area contributed by atoms with Crippen molar-refractivity contribution in [1.82, 2.24) is 4.90 Å². The molecule has 1 saturated carbocycles. The number of fused-ring (bicyclic) bond motifs is 1. The zero-order valence-corrected chi connectivity index (χ0v) is 14.1. The Hall–Kier alpha value is -1.84. The monoisotopic (exact) mass is 327 g/mol. The Kier molecular flexibility index (Phi) is 4.30. The van der Waals surface area contributed by atoms with Gasteiger partial charge in [0, 0.05) is 19.0 Å². The van der Waals surface area contributed by atoms with Crippen LogP contribution in [-0.2, 0) is 20.7 Å². The lowest BCUT2D eigenvalue weighted by Crippen LogP contribution is -2.35. The van der Waals surface area contributed by atoms with Crippen LogP contribution in [0.15, 0.2) is 24.3 Å². The molecule has 4 heteroatoms. The van der Waals surface area contributed by atoms with E-state index in [1.165, 1.54) is 18.4 Å². The van der Waals surface area contributed by atoms with Crippen LogP contribution in [0.25, 0.3) is 0 Å². The van der Waals surface area contributed by atoms with Crippen molar-refractivity contribution >= 4 is 11.9 Å². The molecule has 1 heterocycles. The number of hydrogen-bond donors (Lipinski definition) is 0. The van der Waals surface area contributed by atoms with Crippen molar-refractivity contribution in [2.45, 2.75) is 63.5 Å². The van der Waals surface area contributed by atoms with Gasteiger partial charge in [-0.1, -0.05) is 37.1 Å². The summed E-state index contributed by atoms with van der Waals surface area (Å²) >= 11 is 0. The van der Waals surface area contributed by atoms with Gasteiger partial charge in [-0.05, 0) is 43.2 Å². The summed E-state index contributed by atoms with van der Waals surface area (Å²) in [5.41, 5.74) is 2.44. The van der Waals surface area contributed by atoms with Gasteiger partial charge in [0.15, 0.2) is 0 Å². The predicted octanol–water partition coefficient (Wildman–Crippen LogP) is 3.40. The Morgan fingerprint density at radius 1 is 1.08 bits per heavy atom. The summed E-state index contributed by atoms with van der Waals surface area (Å²) < 4.78 is 5.84. The first-order chi connectivity index (χ1) is 11.7. The Morgan fingerprint density at radius 2 is 1.88 bits per heavy atom. The molecule has 1 aliphatic heterocycles. The topological polar surface area (TPSA) is 46.6 Å². The van der Waals surface area contributed by atoms with Crippen LogP contribution in [0.3, 0.4) is 0 Å². The summed E-state index contributed by atoms with van der Waals surface area (Å²) in [5.74, 6) is -0.342. The predicted molar refractivity (Wildman–Crippen MR) is 90.3 cm³/mol. The maximum absolute atomic E-state index is 12.6. The highest BCUT2D eigenvalue weighted by molar-refractivity contribution is 5.87. The number of rotatable bonds is 3. The van der Waals surface area contributed by atoms with Crippen LogP contribution in [0.4, 0.5) is 0 Å². The summed E-state index contributed by atoms with van der Waals surface area (Å²) in [6.07, 6.45) is 7.74. The zero-order valence-electron chi connectivity index (χ0n) is 14.1. The minimum absolute atomic E-state index is 0.132.